The number of hydrogen-bond acceptors (Lipinski definition) is 2. The van der Waals surface area contributed by atoms with Gasteiger partial charge in [-0.25, -0.2) is 4.79 Å². The van der Waals surface area contributed by atoms with Gasteiger partial charge in [-0.2, -0.15) is 0 Å². The summed E-state index contributed by atoms with van der Waals surface area (Å²) in [6.45, 7) is 1.94. The third-order valence-electron chi connectivity index (χ3n) is 3.59. The Bertz CT molecular complexity index is 676. The quantitative estimate of drug-likeness (QED) is 0.907. The number of pyridine rings is 1. The third kappa shape index (κ3) is 2.48. The first-order chi connectivity index (χ1) is 9.56. The van der Waals surface area contributed by atoms with E-state index in [1.165, 1.54) is 0 Å². The monoisotopic (exact) mass is 331 g/mol. The summed E-state index contributed by atoms with van der Waals surface area (Å²) in [5.74, 6) is -0.559. The minimum atomic E-state index is -0.891. The lowest BCUT2D eigenvalue weighted by Gasteiger charge is -2.11. The molecule has 0 bridgehead atoms. The molecule has 3 rings (SSSR count). The molecule has 0 amide bonds. The predicted octanol–water partition coefficient (Wildman–Crippen LogP) is 4.40. The highest BCUT2D eigenvalue weighted by atomic mass is 79.9. The van der Waals surface area contributed by atoms with Crippen LogP contribution < -0.4 is 0 Å². The van der Waals surface area contributed by atoms with Gasteiger partial charge in [0.2, 0.25) is 0 Å². The Morgan fingerprint density at radius 3 is 2.50 bits per heavy atom. The largest absolute Gasteiger partial charge is 0.478 e. The Morgan fingerprint density at radius 2 is 1.95 bits per heavy atom. The lowest BCUT2D eigenvalue weighted by atomic mass is 9.99. The summed E-state index contributed by atoms with van der Waals surface area (Å²) in [5.41, 5.74) is 3.86. The van der Waals surface area contributed by atoms with Gasteiger partial charge in [0, 0.05) is 21.6 Å². The van der Waals surface area contributed by atoms with E-state index in [-0.39, 0.29) is 0 Å². The van der Waals surface area contributed by atoms with Crippen LogP contribution in [0, 0.1) is 6.92 Å². The molecule has 0 radical (unpaired) electrons. The maximum absolute atomic E-state index is 11.5. The van der Waals surface area contributed by atoms with Crippen molar-refractivity contribution in [2.24, 2.45) is 0 Å². The molecule has 1 aromatic carbocycles. The number of aryl methyl sites for hydroxylation is 1. The standard InChI is InChI=1S/C16H14BrNO2/c1-9-13(10-4-6-12(17)7-5-10)8-14(16(19)20)15(18-9)11-2-3-11/h4-8,11H,2-3H2,1H3,(H,19,20). The molecule has 1 aromatic heterocycles. The van der Waals surface area contributed by atoms with Crippen molar-refractivity contribution < 1.29 is 9.90 Å². The highest BCUT2D eigenvalue weighted by Gasteiger charge is 2.30. The van der Waals surface area contributed by atoms with Crippen molar-refractivity contribution in [3.63, 3.8) is 0 Å². The van der Waals surface area contributed by atoms with Crippen molar-refractivity contribution >= 4 is 21.9 Å². The molecule has 3 nitrogen and oxygen atoms in total. The Labute approximate surface area is 125 Å². The van der Waals surface area contributed by atoms with E-state index in [2.05, 4.69) is 20.9 Å². The molecular formula is C16H14BrNO2. The van der Waals surface area contributed by atoms with Gasteiger partial charge in [0.1, 0.15) is 0 Å². The predicted molar refractivity (Wildman–Crippen MR) is 81.0 cm³/mol. The second kappa shape index (κ2) is 5.02. The summed E-state index contributed by atoms with van der Waals surface area (Å²) in [6.07, 6.45) is 2.09. The fourth-order valence-electron chi connectivity index (χ4n) is 2.38. The van der Waals surface area contributed by atoms with Crippen molar-refractivity contribution in [2.75, 3.05) is 0 Å². The summed E-state index contributed by atoms with van der Waals surface area (Å²) in [6, 6.07) is 9.60. The topological polar surface area (TPSA) is 50.2 Å². The number of carboxylic acids is 1. The van der Waals surface area contributed by atoms with Crippen LogP contribution in [0.15, 0.2) is 34.8 Å². The van der Waals surface area contributed by atoms with E-state index in [0.717, 1.165) is 39.8 Å². The summed E-state index contributed by atoms with van der Waals surface area (Å²) >= 11 is 3.40. The first-order valence-electron chi connectivity index (χ1n) is 6.57. The van der Waals surface area contributed by atoms with Crippen LogP contribution >= 0.6 is 15.9 Å². The van der Waals surface area contributed by atoms with Gasteiger partial charge in [-0.15, -0.1) is 0 Å². The second-order valence-electron chi connectivity index (χ2n) is 5.14. The average molecular weight is 332 g/mol. The van der Waals surface area contributed by atoms with Crippen LogP contribution in [-0.4, -0.2) is 16.1 Å². The highest BCUT2D eigenvalue weighted by molar-refractivity contribution is 9.10. The molecule has 102 valence electrons. The number of nitrogens with zero attached hydrogens (tertiary/aromatic N) is 1. The fourth-order valence-corrected chi connectivity index (χ4v) is 2.65. The number of carboxylic acid groups (broad SMARTS) is 1. The number of aromatic carboxylic acids is 1. The number of carbonyl (C=O) groups is 1. The van der Waals surface area contributed by atoms with Crippen molar-refractivity contribution in [1.29, 1.82) is 0 Å². The van der Waals surface area contributed by atoms with Gasteiger partial charge in [0.15, 0.2) is 0 Å². The molecule has 4 heteroatoms. The van der Waals surface area contributed by atoms with Crippen LogP contribution in [0.25, 0.3) is 11.1 Å². The molecule has 2 aromatic rings. The number of benzene rings is 1. The van der Waals surface area contributed by atoms with E-state index in [1.54, 1.807) is 6.07 Å². The van der Waals surface area contributed by atoms with Crippen LogP contribution in [0.4, 0.5) is 0 Å². The second-order valence-corrected chi connectivity index (χ2v) is 6.06. The van der Waals surface area contributed by atoms with E-state index in [4.69, 9.17) is 0 Å². The molecule has 1 heterocycles. The number of aromatic nitrogens is 1. The van der Waals surface area contributed by atoms with Gasteiger partial charge in [0.25, 0.3) is 0 Å². The highest BCUT2D eigenvalue weighted by Crippen LogP contribution is 2.42. The van der Waals surface area contributed by atoms with E-state index < -0.39 is 5.97 Å². The summed E-state index contributed by atoms with van der Waals surface area (Å²) in [5, 5.41) is 9.40. The summed E-state index contributed by atoms with van der Waals surface area (Å²) in [7, 11) is 0. The molecule has 1 fully saturated rings. The average Bonchev–Trinajstić information content (AvgIpc) is 3.23. The van der Waals surface area contributed by atoms with Gasteiger partial charge >= 0.3 is 5.97 Å². The molecule has 0 spiro atoms. The van der Waals surface area contributed by atoms with Crippen molar-refractivity contribution in [2.45, 2.75) is 25.7 Å². The molecule has 1 aliphatic carbocycles. The molecule has 1 aliphatic rings. The van der Waals surface area contributed by atoms with Crippen LogP contribution in [0.5, 0.6) is 0 Å². The Balaban J connectivity index is 2.13. The molecule has 1 N–H and O–H groups in total. The van der Waals surface area contributed by atoms with E-state index >= 15 is 0 Å². The van der Waals surface area contributed by atoms with Gasteiger partial charge in [-0.05, 0) is 43.5 Å². The zero-order chi connectivity index (χ0) is 14.3. The first-order valence-corrected chi connectivity index (χ1v) is 7.36. The van der Waals surface area contributed by atoms with Gasteiger partial charge in [-0.3, -0.25) is 4.98 Å². The first kappa shape index (κ1) is 13.3. The van der Waals surface area contributed by atoms with Crippen LogP contribution in [0.3, 0.4) is 0 Å². The molecule has 1 saturated carbocycles. The number of rotatable bonds is 3. The Morgan fingerprint density at radius 1 is 1.30 bits per heavy atom. The third-order valence-corrected chi connectivity index (χ3v) is 4.12. The van der Waals surface area contributed by atoms with Crippen molar-refractivity contribution in [3.05, 3.63) is 51.8 Å². The molecule has 20 heavy (non-hydrogen) atoms. The number of hydrogen-bond donors (Lipinski definition) is 1. The summed E-state index contributed by atoms with van der Waals surface area (Å²) < 4.78 is 1.000. The smallest absolute Gasteiger partial charge is 0.337 e. The van der Waals surface area contributed by atoms with Crippen LogP contribution in [0.1, 0.15) is 40.5 Å². The fraction of sp³-hybridized carbons (Fsp3) is 0.250. The SMILES string of the molecule is Cc1nc(C2CC2)c(C(=O)O)cc1-c1ccc(Br)cc1. The summed E-state index contributed by atoms with van der Waals surface area (Å²) in [4.78, 5) is 16.0. The number of halogens is 1. The van der Waals surface area contributed by atoms with Crippen molar-refractivity contribution in [3.8, 4) is 11.1 Å². The van der Waals surface area contributed by atoms with Crippen LogP contribution in [0.2, 0.25) is 0 Å². The Hall–Kier alpha value is -1.68. The van der Waals surface area contributed by atoms with Crippen molar-refractivity contribution in [1.82, 2.24) is 4.98 Å². The minimum absolute atomic E-state index is 0.332. The molecule has 0 atom stereocenters. The Kier molecular flexibility index (Phi) is 3.34. The lowest BCUT2D eigenvalue weighted by Crippen LogP contribution is -2.06. The van der Waals surface area contributed by atoms with Gasteiger partial charge < -0.3 is 5.11 Å². The lowest BCUT2D eigenvalue weighted by molar-refractivity contribution is 0.0695. The molecule has 0 aliphatic heterocycles. The van der Waals surface area contributed by atoms with Crippen LogP contribution in [-0.2, 0) is 0 Å². The van der Waals surface area contributed by atoms with Gasteiger partial charge in [-0.1, -0.05) is 28.1 Å². The zero-order valence-electron chi connectivity index (χ0n) is 11.1. The maximum atomic E-state index is 11.5. The van der Waals surface area contributed by atoms with E-state index in [1.807, 2.05) is 31.2 Å². The van der Waals surface area contributed by atoms with Gasteiger partial charge in [0.05, 0.1) is 11.3 Å². The van der Waals surface area contributed by atoms with E-state index in [0.29, 0.717) is 11.5 Å². The van der Waals surface area contributed by atoms with E-state index in [9.17, 15) is 9.90 Å². The molecule has 0 unspecified atom stereocenters. The normalized spacial score (nSPS) is 14.3. The maximum Gasteiger partial charge on any atom is 0.337 e. The zero-order valence-corrected chi connectivity index (χ0v) is 12.6. The molecular weight excluding hydrogens is 318 g/mol. The minimum Gasteiger partial charge on any atom is -0.478 e. The molecule has 0 saturated heterocycles.